The molecule has 5 heteroatoms. The number of carbonyl (C=O) groups excluding carboxylic acids is 2. The molecule has 0 aromatic carbocycles. The summed E-state index contributed by atoms with van der Waals surface area (Å²) >= 11 is 0. The minimum Gasteiger partial charge on any atom is -0.464 e. The lowest BCUT2D eigenvalue weighted by molar-refractivity contribution is -0.146. The largest absolute Gasteiger partial charge is 0.464 e. The molecule has 0 rings (SSSR count). The van der Waals surface area contributed by atoms with Crippen molar-refractivity contribution < 1.29 is 19.1 Å². The summed E-state index contributed by atoms with van der Waals surface area (Å²) in [5, 5.41) is 2.61. The Hall–Kier alpha value is -1.26. The quantitative estimate of drug-likeness (QED) is 0.550. The Labute approximate surface area is 128 Å². The second-order valence-corrected chi connectivity index (χ2v) is 6.98. The Morgan fingerprint density at radius 1 is 1.14 bits per heavy atom. The van der Waals surface area contributed by atoms with Gasteiger partial charge in [0, 0.05) is 0 Å². The zero-order chi connectivity index (χ0) is 16.5. The normalized spacial score (nSPS) is 12.9. The molecule has 21 heavy (non-hydrogen) atoms. The molecular formula is C16H31NO4. The standard InChI is InChI=1S/C16H31NO4/c1-7-8-9-20-14(18)13(10-12(2)3)17-15(19)21-11-16(4,5)6/h12-13H,7-11H2,1-6H3,(H,17,19). The zero-order valence-corrected chi connectivity index (χ0v) is 14.3. The van der Waals surface area contributed by atoms with Gasteiger partial charge in [0.25, 0.3) is 0 Å². The number of unbranched alkanes of at least 4 members (excludes halogenated alkanes) is 1. The topological polar surface area (TPSA) is 64.6 Å². The summed E-state index contributed by atoms with van der Waals surface area (Å²) in [7, 11) is 0. The summed E-state index contributed by atoms with van der Waals surface area (Å²) < 4.78 is 10.3. The molecule has 0 aliphatic heterocycles. The first-order chi connectivity index (χ1) is 9.65. The fourth-order valence-corrected chi connectivity index (χ4v) is 1.57. The molecule has 0 saturated heterocycles. The molecule has 124 valence electrons. The van der Waals surface area contributed by atoms with Crippen LogP contribution in [0.15, 0.2) is 0 Å². The van der Waals surface area contributed by atoms with Gasteiger partial charge >= 0.3 is 12.1 Å². The number of amides is 1. The van der Waals surface area contributed by atoms with E-state index in [0.717, 1.165) is 12.8 Å². The van der Waals surface area contributed by atoms with Gasteiger partial charge in [0.1, 0.15) is 6.04 Å². The Morgan fingerprint density at radius 2 is 1.76 bits per heavy atom. The number of carbonyl (C=O) groups is 2. The predicted octanol–water partition coefficient (Wildman–Crippen LogP) is 3.52. The van der Waals surface area contributed by atoms with E-state index in [1.807, 2.05) is 41.5 Å². The second-order valence-electron chi connectivity index (χ2n) is 6.98. The van der Waals surface area contributed by atoms with Crippen LogP contribution < -0.4 is 5.32 Å². The van der Waals surface area contributed by atoms with Gasteiger partial charge in [-0.05, 0) is 24.2 Å². The third-order valence-corrected chi connectivity index (χ3v) is 2.66. The van der Waals surface area contributed by atoms with Crippen molar-refractivity contribution in [2.45, 2.75) is 66.8 Å². The SMILES string of the molecule is CCCCOC(=O)C(CC(C)C)NC(=O)OCC(C)(C)C. The van der Waals surface area contributed by atoms with Crippen molar-refractivity contribution >= 4 is 12.1 Å². The molecule has 0 saturated carbocycles. The van der Waals surface area contributed by atoms with Gasteiger partial charge in [0.15, 0.2) is 0 Å². The van der Waals surface area contributed by atoms with Crippen LogP contribution in [0.5, 0.6) is 0 Å². The highest BCUT2D eigenvalue weighted by Crippen LogP contribution is 2.13. The molecule has 0 aliphatic rings. The molecule has 0 heterocycles. The molecule has 0 spiro atoms. The second kappa shape index (κ2) is 9.64. The minimum absolute atomic E-state index is 0.105. The molecule has 0 aliphatic carbocycles. The van der Waals surface area contributed by atoms with E-state index in [-0.39, 0.29) is 17.3 Å². The monoisotopic (exact) mass is 301 g/mol. The lowest BCUT2D eigenvalue weighted by Gasteiger charge is -2.21. The molecule has 5 nitrogen and oxygen atoms in total. The van der Waals surface area contributed by atoms with E-state index in [9.17, 15) is 9.59 Å². The van der Waals surface area contributed by atoms with Crippen LogP contribution in [0.3, 0.4) is 0 Å². The fraction of sp³-hybridized carbons (Fsp3) is 0.875. The van der Waals surface area contributed by atoms with E-state index >= 15 is 0 Å². The van der Waals surface area contributed by atoms with E-state index in [1.54, 1.807) is 0 Å². The summed E-state index contributed by atoms with van der Waals surface area (Å²) in [4.78, 5) is 23.8. The maximum atomic E-state index is 12.0. The van der Waals surface area contributed by atoms with Crippen LogP contribution in [0.4, 0.5) is 4.79 Å². The lowest BCUT2D eigenvalue weighted by Crippen LogP contribution is -2.43. The van der Waals surface area contributed by atoms with E-state index in [1.165, 1.54) is 0 Å². The van der Waals surface area contributed by atoms with Gasteiger partial charge in [-0.2, -0.15) is 0 Å². The van der Waals surface area contributed by atoms with Crippen LogP contribution in [-0.2, 0) is 14.3 Å². The van der Waals surface area contributed by atoms with E-state index in [2.05, 4.69) is 5.32 Å². The Kier molecular flexibility index (Phi) is 9.06. The Balaban J connectivity index is 4.40. The average Bonchev–Trinajstić information content (AvgIpc) is 2.34. The molecule has 1 N–H and O–H groups in total. The summed E-state index contributed by atoms with van der Waals surface area (Å²) in [6.45, 7) is 12.6. The number of esters is 1. The maximum absolute atomic E-state index is 12.0. The predicted molar refractivity (Wildman–Crippen MR) is 83.0 cm³/mol. The van der Waals surface area contributed by atoms with Crippen molar-refractivity contribution in [1.82, 2.24) is 5.32 Å². The van der Waals surface area contributed by atoms with Crippen LogP contribution >= 0.6 is 0 Å². The van der Waals surface area contributed by atoms with Crippen molar-refractivity contribution in [3.8, 4) is 0 Å². The number of ether oxygens (including phenoxy) is 2. The first kappa shape index (κ1) is 19.7. The fourth-order valence-electron chi connectivity index (χ4n) is 1.57. The number of nitrogens with one attached hydrogen (secondary N) is 1. The molecule has 1 amide bonds. The number of hydrogen-bond acceptors (Lipinski definition) is 4. The lowest BCUT2D eigenvalue weighted by atomic mass is 9.99. The summed E-state index contributed by atoms with van der Waals surface area (Å²) in [6, 6.07) is -0.644. The molecule has 0 aromatic heterocycles. The first-order valence-corrected chi connectivity index (χ1v) is 7.75. The van der Waals surface area contributed by atoms with Crippen molar-refractivity contribution in [3.05, 3.63) is 0 Å². The number of rotatable bonds is 8. The molecule has 0 fully saturated rings. The molecule has 0 aromatic rings. The third-order valence-electron chi connectivity index (χ3n) is 2.66. The average molecular weight is 301 g/mol. The number of alkyl carbamates (subject to hydrolysis) is 1. The Morgan fingerprint density at radius 3 is 2.24 bits per heavy atom. The van der Waals surface area contributed by atoms with Crippen LogP contribution in [0.1, 0.15) is 60.8 Å². The van der Waals surface area contributed by atoms with Gasteiger partial charge in [0.05, 0.1) is 13.2 Å². The van der Waals surface area contributed by atoms with Gasteiger partial charge in [-0.15, -0.1) is 0 Å². The zero-order valence-electron chi connectivity index (χ0n) is 14.3. The summed E-state index contributed by atoms with van der Waals surface area (Å²) in [5.41, 5.74) is -0.105. The highest BCUT2D eigenvalue weighted by Gasteiger charge is 2.24. The maximum Gasteiger partial charge on any atom is 0.407 e. The number of hydrogen-bond donors (Lipinski definition) is 1. The highest BCUT2D eigenvalue weighted by atomic mass is 16.6. The molecule has 1 unspecified atom stereocenters. The van der Waals surface area contributed by atoms with Gasteiger partial charge in [0.2, 0.25) is 0 Å². The smallest absolute Gasteiger partial charge is 0.407 e. The summed E-state index contributed by atoms with van der Waals surface area (Å²) in [6.07, 6.45) is 1.76. The van der Waals surface area contributed by atoms with Gasteiger partial charge in [-0.1, -0.05) is 48.0 Å². The third kappa shape index (κ3) is 11.1. The molecule has 1 atom stereocenters. The van der Waals surface area contributed by atoms with Crippen LogP contribution in [0.25, 0.3) is 0 Å². The molecule has 0 radical (unpaired) electrons. The Bertz CT molecular complexity index is 321. The first-order valence-electron chi connectivity index (χ1n) is 7.75. The molecule has 0 bridgehead atoms. The van der Waals surface area contributed by atoms with Crippen molar-refractivity contribution in [2.24, 2.45) is 11.3 Å². The van der Waals surface area contributed by atoms with E-state index < -0.39 is 12.1 Å². The summed E-state index contributed by atoms with van der Waals surface area (Å²) in [5.74, 6) is -0.110. The van der Waals surface area contributed by atoms with Crippen LogP contribution in [0.2, 0.25) is 0 Å². The highest BCUT2D eigenvalue weighted by molar-refractivity contribution is 5.81. The van der Waals surface area contributed by atoms with E-state index in [4.69, 9.17) is 9.47 Å². The van der Waals surface area contributed by atoms with Crippen LogP contribution in [0, 0.1) is 11.3 Å². The van der Waals surface area contributed by atoms with Gasteiger partial charge in [-0.25, -0.2) is 9.59 Å². The van der Waals surface area contributed by atoms with Crippen molar-refractivity contribution in [2.75, 3.05) is 13.2 Å². The van der Waals surface area contributed by atoms with Crippen molar-refractivity contribution in [1.29, 1.82) is 0 Å². The van der Waals surface area contributed by atoms with Crippen LogP contribution in [-0.4, -0.2) is 31.3 Å². The van der Waals surface area contributed by atoms with E-state index in [0.29, 0.717) is 19.6 Å². The van der Waals surface area contributed by atoms with Gasteiger partial charge < -0.3 is 14.8 Å². The van der Waals surface area contributed by atoms with Gasteiger partial charge in [-0.3, -0.25) is 0 Å². The molecular weight excluding hydrogens is 270 g/mol. The minimum atomic E-state index is -0.644. The van der Waals surface area contributed by atoms with Crippen molar-refractivity contribution in [3.63, 3.8) is 0 Å².